The van der Waals surface area contributed by atoms with Crippen LogP contribution < -0.4 is 14.2 Å². The Morgan fingerprint density at radius 3 is 2.32 bits per heavy atom. The molecule has 6 nitrogen and oxygen atoms in total. The van der Waals surface area contributed by atoms with Crippen LogP contribution in [0.3, 0.4) is 0 Å². The Kier molecular flexibility index (Phi) is 6.35. The summed E-state index contributed by atoms with van der Waals surface area (Å²) < 4.78 is 56.4. The molecule has 1 N–H and O–H groups in total. The van der Waals surface area contributed by atoms with E-state index in [0.717, 1.165) is 6.07 Å². The highest BCUT2D eigenvalue weighted by Crippen LogP contribution is 2.27. The molecule has 136 valence electrons. The number of rotatable bonds is 8. The van der Waals surface area contributed by atoms with Gasteiger partial charge in [0.25, 0.3) is 0 Å². The fourth-order valence-corrected chi connectivity index (χ4v) is 3.38. The summed E-state index contributed by atoms with van der Waals surface area (Å²) in [5, 5.41) is 0. The van der Waals surface area contributed by atoms with Crippen LogP contribution in [0.2, 0.25) is 0 Å². The van der Waals surface area contributed by atoms with Crippen molar-refractivity contribution in [1.29, 1.82) is 0 Å². The summed E-state index contributed by atoms with van der Waals surface area (Å²) in [5.74, 6) is -0.190. The van der Waals surface area contributed by atoms with Crippen molar-refractivity contribution in [2.45, 2.75) is 11.0 Å². The molecular formula is C17H20FNO5S. The number of methoxy groups -OCH3 is 3. The molecule has 0 spiro atoms. The highest BCUT2D eigenvalue weighted by Gasteiger charge is 2.21. The molecule has 0 fully saturated rings. The lowest BCUT2D eigenvalue weighted by atomic mass is 10.1. The van der Waals surface area contributed by atoms with Crippen LogP contribution in [0, 0.1) is 5.82 Å². The number of hydrogen-bond acceptors (Lipinski definition) is 5. The average molecular weight is 369 g/mol. The normalized spacial score (nSPS) is 12.6. The smallest absolute Gasteiger partial charge is 0.240 e. The largest absolute Gasteiger partial charge is 0.496 e. The van der Waals surface area contributed by atoms with Crippen molar-refractivity contribution in [3.8, 4) is 11.5 Å². The molecule has 0 heterocycles. The summed E-state index contributed by atoms with van der Waals surface area (Å²) in [5.41, 5.74) is 0.705. The Balaban J connectivity index is 2.18. The SMILES string of the molecule is COc1ccc(S(=O)(=O)NCC(OC)c2ccccc2OC)cc1F. The van der Waals surface area contributed by atoms with Crippen molar-refractivity contribution in [2.24, 2.45) is 0 Å². The highest BCUT2D eigenvalue weighted by molar-refractivity contribution is 7.89. The predicted octanol–water partition coefficient (Wildman–Crippen LogP) is 2.51. The van der Waals surface area contributed by atoms with E-state index >= 15 is 0 Å². The van der Waals surface area contributed by atoms with Crippen LogP contribution in [-0.2, 0) is 14.8 Å². The van der Waals surface area contributed by atoms with Crippen LogP contribution in [0.25, 0.3) is 0 Å². The van der Waals surface area contributed by atoms with E-state index in [-0.39, 0.29) is 17.2 Å². The molecule has 0 bridgehead atoms. The van der Waals surface area contributed by atoms with Crippen LogP contribution in [0.1, 0.15) is 11.7 Å². The van der Waals surface area contributed by atoms with Gasteiger partial charge >= 0.3 is 0 Å². The maximum absolute atomic E-state index is 13.8. The molecule has 1 atom stereocenters. The van der Waals surface area contributed by atoms with E-state index in [4.69, 9.17) is 14.2 Å². The Morgan fingerprint density at radius 2 is 1.72 bits per heavy atom. The van der Waals surface area contributed by atoms with E-state index in [1.54, 1.807) is 24.3 Å². The lowest BCUT2D eigenvalue weighted by molar-refractivity contribution is 0.105. The molecule has 2 aromatic rings. The Morgan fingerprint density at radius 1 is 1.04 bits per heavy atom. The molecular weight excluding hydrogens is 349 g/mol. The molecule has 0 aliphatic rings. The molecule has 0 aliphatic heterocycles. The first-order valence-electron chi connectivity index (χ1n) is 7.42. The van der Waals surface area contributed by atoms with Gasteiger partial charge in [0, 0.05) is 19.2 Å². The van der Waals surface area contributed by atoms with Gasteiger partial charge in [-0.1, -0.05) is 18.2 Å². The minimum atomic E-state index is -3.91. The van der Waals surface area contributed by atoms with Gasteiger partial charge in [-0.3, -0.25) is 0 Å². The highest BCUT2D eigenvalue weighted by atomic mass is 32.2. The summed E-state index contributed by atoms with van der Waals surface area (Å²) in [7, 11) is 0.394. The van der Waals surface area contributed by atoms with Gasteiger partial charge in [-0.15, -0.1) is 0 Å². The van der Waals surface area contributed by atoms with Gasteiger partial charge in [-0.2, -0.15) is 0 Å². The van der Waals surface area contributed by atoms with Gasteiger partial charge in [0.1, 0.15) is 5.75 Å². The molecule has 0 radical (unpaired) electrons. The van der Waals surface area contributed by atoms with Crippen molar-refractivity contribution in [2.75, 3.05) is 27.9 Å². The summed E-state index contributed by atoms with van der Waals surface area (Å²) >= 11 is 0. The minimum Gasteiger partial charge on any atom is -0.496 e. The molecule has 0 aromatic heterocycles. The topological polar surface area (TPSA) is 73.9 Å². The number of ether oxygens (including phenoxy) is 3. The summed E-state index contributed by atoms with van der Waals surface area (Å²) in [6.07, 6.45) is -0.561. The van der Waals surface area contributed by atoms with Crippen molar-refractivity contribution >= 4 is 10.0 Å². The number of benzene rings is 2. The van der Waals surface area contributed by atoms with E-state index in [9.17, 15) is 12.8 Å². The first-order valence-corrected chi connectivity index (χ1v) is 8.90. The Labute approximate surface area is 146 Å². The van der Waals surface area contributed by atoms with Crippen molar-refractivity contribution < 1.29 is 27.0 Å². The quantitative estimate of drug-likeness (QED) is 0.774. The second-order valence-corrected chi connectivity index (χ2v) is 6.88. The molecule has 25 heavy (non-hydrogen) atoms. The van der Waals surface area contributed by atoms with Crippen LogP contribution in [0.5, 0.6) is 11.5 Å². The lowest BCUT2D eigenvalue weighted by Crippen LogP contribution is -2.29. The Bertz CT molecular complexity index is 826. The van der Waals surface area contributed by atoms with Gasteiger partial charge in [0.15, 0.2) is 11.6 Å². The lowest BCUT2D eigenvalue weighted by Gasteiger charge is -2.19. The van der Waals surface area contributed by atoms with Gasteiger partial charge in [0.2, 0.25) is 10.0 Å². The molecule has 2 rings (SSSR count). The number of hydrogen-bond donors (Lipinski definition) is 1. The van der Waals surface area contributed by atoms with E-state index in [2.05, 4.69) is 4.72 Å². The van der Waals surface area contributed by atoms with Crippen LogP contribution in [-0.4, -0.2) is 36.3 Å². The molecule has 1 unspecified atom stereocenters. The average Bonchev–Trinajstić information content (AvgIpc) is 2.62. The maximum atomic E-state index is 13.8. The maximum Gasteiger partial charge on any atom is 0.240 e. The zero-order chi connectivity index (χ0) is 18.4. The summed E-state index contributed by atoms with van der Waals surface area (Å²) in [6.45, 7) is -0.0349. The van der Waals surface area contributed by atoms with Gasteiger partial charge < -0.3 is 14.2 Å². The Hall–Kier alpha value is -2.16. The molecule has 0 aliphatic carbocycles. The number of sulfonamides is 1. The monoisotopic (exact) mass is 369 g/mol. The molecule has 2 aromatic carbocycles. The van der Waals surface area contributed by atoms with Gasteiger partial charge in [0.05, 0.1) is 25.2 Å². The van der Waals surface area contributed by atoms with E-state index in [1.165, 1.54) is 33.5 Å². The third kappa shape index (κ3) is 4.47. The molecule has 0 saturated heterocycles. The van der Waals surface area contributed by atoms with E-state index in [1.807, 2.05) is 0 Å². The standard InChI is InChI=1S/C17H20FNO5S/c1-22-15-7-5-4-6-13(15)17(24-3)11-19-25(20,21)12-8-9-16(23-2)14(18)10-12/h4-10,17,19H,11H2,1-3H3. The number of halogens is 1. The fourth-order valence-electron chi connectivity index (χ4n) is 2.34. The van der Waals surface area contributed by atoms with Crippen LogP contribution in [0.4, 0.5) is 4.39 Å². The first-order chi connectivity index (χ1) is 11.9. The number of para-hydroxylation sites is 1. The second kappa shape index (κ2) is 8.28. The predicted molar refractivity (Wildman–Crippen MR) is 90.9 cm³/mol. The molecule has 0 saturated carbocycles. The fraction of sp³-hybridized carbons (Fsp3) is 0.294. The van der Waals surface area contributed by atoms with Gasteiger partial charge in [-0.05, 0) is 24.3 Å². The summed E-state index contributed by atoms with van der Waals surface area (Å²) in [4.78, 5) is -0.194. The molecule has 8 heteroatoms. The molecule has 0 amide bonds. The zero-order valence-electron chi connectivity index (χ0n) is 14.2. The minimum absolute atomic E-state index is 0.0252. The third-order valence-electron chi connectivity index (χ3n) is 3.66. The number of nitrogens with one attached hydrogen (secondary N) is 1. The van der Waals surface area contributed by atoms with Crippen LogP contribution >= 0.6 is 0 Å². The van der Waals surface area contributed by atoms with Gasteiger partial charge in [-0.25, -0.2) is 17.5 Å². The van der Waals surface area contributed by atoms with E-state index in [0.29, 0.717) is 11.3 Å². The first kappa shape index (κ1) is 19.2. The van der Waals surface area contributed by atoms with Crippen LogP contribution in [0.15, 0.2) is 47.4 Å². The van der Waals surface area contributed by atoms with Crippen molar-refractivity contribution in [3.05, 3.63) is 53.8 Å². The van der Waals surface area contributed by atoms with Crippen molar-refractivity contribution in [3.63, 3.8) is 0 Å². The van der Waals surface area contributed by atoms with E-state index < -0.39 is 21.9 Å². The van der Waals surface area contributed by atoms with Crippen molar-refractivity contribution in [1.82, 2.24) is 4.72 Å². The second-order valence-electron chi connectivity index (χ2n) is 5.11. The zero-order valence-corrected chi connectivity index (χ0v) is 15.0. The third-order valence-corrected chi connectivity index (χ3v) is 5.08. The summed E-state index contributed by atoms with van der Waals surface area (Å²) in [6, 6.07) is 10.6.